The summed E-state index contributed by atoms with van der Waals surface area (Å²) in [6.07, 6.45) is 1.92. The number of nitrogens with one attached hydrogen (secondary N) is 1. The van der Waals surface area contributed by atoms with Crippen LogP contribution in [0.5, 0.6) is 0 Å². The Labute approximate surface area is 150 Å². The molecule has 0 spiro atoms. The summed E-state index contributed by atoms with van der Waals surface area (Å²) >= 11 is 0. The molecule has 26 heavy (non-hydrogen) atoms. The lowest BCUT2D eigenvalue weighted by atomic mass is 10.2. The van der Waals surface area contributed by atoms with Crippen molar-refractivity contribution in [1.82, 2.24) is 24.6 Å². The normalized spacial score (nSPS) is 10.9. The molecular formula is C18H21N5O3. The number of amides is 1. The average Bonchev–Trinajstić information content (AvgIpc) is 3.16. The van der Waals surface area contributed by atoms with Crippen LogP contribution < -0.4 is 5.32 Å². The van der Waals surface area contributed by atoms with Crippen LogP contribution in [0.2, 0.25) is 0 Å². The zero-order valence-electron chi connectivity index (χ0n) is 15.0. The van der Waals surface area contributed by atoms with Crippen LogP contribution >= 0.6 is 0 Å². The highest BCUT2D eigenvalue weighted by Gasteiger charge is 2.22. The highest BCUT2D eigenvalue weighted by Crippen LogP contribution is 2.14. The molecule has 3 aromatic rings. The van der Waals surface area contributed by atoms with E-state index in [1.54, 1.807) is 14.0 Å². The summed E-state index contributed by atoms with van der Waals surface area (Å²) < 4.78 is 8.35. The summed E-state index contributed by atoms with van der Waals surface area (Å²) in [5.74, 6) is -0.0463. The molecule has 1 aromatic carbocycles. The third-order valence-electron chi connectivity index (χ3n) is 4.16. The van der Waals surface area contributed by atoms with Crippen LogP contribution in [0.4, 0.5) is 0 Å². The lowest BCUT2D eigenvalue weighted by Gasteiger charge is -2.08. The number of carbonyl (C=O) groups excluding carboxylic acids is 2. The van der Waals surface area contributed by atoms with Crippen molar-refractivity contribution >= 4 is 22.9 Å². The molecular weight excluding hydrogens is 334 g/mol. The van der Waals surface area contributed by atoms with Gasteiger partial charge in [-0.05, 0) is 19.1 Å². The molecule has 1 N–H and O–H groups in total. The molecule has 8 heteroatoms. The Morgan fingerprint density at radius 2 is 2.00 bits per heavy atom. The third-order valence-corrected chi connectivity index (χ3v) is 4.16. The molecule has 0 aliphatic heterocycles. The van der Waals surface area contributed by atoms with Crippen LogP contribution in [0.1, 0.15) is 33.6 Å². The summed E-state index contributed by atoms with van der Waals surface area (Å²) in [6.45, 7) is 2.34. The van der Waals surface area contributed by atoms with Gasteiger partial charge < -0.3 is 14.6 Å². The number of rotatable bonds is 6. The quantitative estimate of drug-likeness (QED) is 0.676. The van der Waals surface area contributed by atoms with E-state index in [2.05, 4.69) is 15.4 Å². The zero-order valence-corrected chi connectivity index (χ0v) is 15.0. The predicted octanol–water partition coefficient (Wildman–Crippen LogP) is 1.46. The van der Waals surface area contributed by atoms with Gasteiger partial charge in [0.1, 0.15) is 17.1 Å². The largest absolute Gasteiger partial charge is 0.462 e. The minimum absolute atomic E-state index is 0.162. The lowest BCUT2D eigenvalue weighted by Crippen LogP contribution is -2.29. The van der Waals surface area contributed by atoms with E-state index < -0.39 is 5.97 Å². The molecule has 0 atom stereocenters. The van der Waals surface area contributed by atoms with E-state index in [1.165, 1.54) is 10.9 Å². The van der Waals surface area contributed by atoms with E-state index in [4.69, 9.17) is 4.74 Å². The maximum atomic E-state index is 12.5. The fraction of sp³-hybridized carbons (Fsp3) is 0.333. The fourth-order valence-electron chi connectivity index (χ4n) is 2.86. The fourth-order valence-corrected chi connectivity index (χ4v) is 2.86. The molecule has 8 nitrogen and oxygen atoms in total. The first-order valence-corrected chi connectivity index (χ1v) is 8.40. The van der Waals surface area contributed by atoms with Crippen molar-refractivity contribution in [3.8, 4) is 0 Å². The third kappa shape index (κ3) is 3.30. The molecule has 0 bridgehead atoms. The molecule has 2 aromatic heterocycles. The van der Waals surface area contributed by atoms with Gasteiger partial charge in [-0.1, -0.05) is 12.1 Å². The molecule has 0 aliphatic rings. The van der Waals surface area contributed by atoms with Gasteiger partial charge in [-0.3, -0.25) is 9.48 Å². The van der Waals surface area contributed by atoms with E-state index in [-0.39, 0.29) is 23.8 Å². The second kappa shape index (κ2) is 7.38. The van der Waals surface area contributed by atoms with Crippen molar-refractivity contribution in [2.24, 2.45) is 14.1 Å². The number of esters is 1. The summed E-state index contributed by atoms with van der Waals surface area (Å²) in [6, 6.07) is 7.87. The van der Waals surface area contributed by atoms with Crippen molar-refractivity contribution in [2.75, 3.05) is 13.2 Å². The first-order valence-electron chi connectivity index (χ1n) is 8.40. The monoisotopic (exact) mass is 355 g/mol. The standard InChI is InChI=1S/C18H21N5O3/c1-4-26-18(25)12-11-20-23(3)16(12)17(24)19-10-9-15-21-13-7-5-6-8-14(13)22(15)2/h5-8,11H,4,9-10H2,1-3H3,(H,19,24). The maximum absolute atomic E-state index is 12.5. The van der Waals surface area contributed by atoms with E-state index >= 15 is 0 Å². The average molecular weight is 355 g/mol. The number of aryl methyl sites for hydroxylation is 2. The van der Waals surface area contributed by atoms with Gasteiger partial charge in [-0.2, -0.15) is 5.10 Å². The number of para-hydroxylation sites is 2. The predicted molar refractivity (Wildman–Crippen MR) is 95.9 cm³/mol. The minimum Gasteiger partial charge on any atom is -0.462 e. The van der Waals surface area contributed by atoms with E-state index in [9.17, 15) is 9.59 Å². The number of hydrogen-bond donors (Lipinski definition) is 1. The Morgan fingerprint density at radius 3 is 2.73 bits per heavy atom. The van der Waals surface area contributed by atoms with Crippen molar-refractivity contribution in [3.05, 3.63) is 47.5 Å². The van der Waals surface area contributed by atoms with Crippen LogP contribution in [0.25, 0.3) is 11.0 Å². The highest BCUT2D eigenvalue weighted by atomic mass is 16.5. The Bertz CT molecular complexity index is 957. The number of aromatic nitrogens is 4. The van der Waals surface area contributed by atoms with Crippen LogP contribution in [0.15, 0.2) is 30.5 Å². The van der Waals surface area contributed by atoms with Gasteiger partial charge in [-0.15, -0.1) is 0 Å². The SMILES string of the molecule is CCOC(=O)c1cnn(C)c1C(=O)NCCc1nc2ccccc2n1C. The lowest BCUT2D eigenvalue weighted by molar-refractivity contribution is 0.0522. The number of nitrogens with zero attached hydrogens (tertiary/aromatic N) is 4. The van der Waals surface area contributed by atoms with Gasteiger partial charge >= 0.3 is 5.97 Å². The number of carbonyl (C=O) groups is 2. The molecule has 0 radical (unpaired) electrons. The van der Waals surface area contributed by atoms with Crippen molar-refractivity contribution in [1.29, 1.82) is 0 Å². The van der Waals surface area contributed by atoms with Gasteiger partial charge in [0.2, 0.25) is 0 Å². The van der Waals surface area contributed by atoms with Gasteiger partial charge in [-0.25, -0.2) is 9.78 Å². The van der Waals surface area contributed by atoms with Crippen LogP contribution in [0.3, 0.4) is 0 Å². The van der Waals surface area contributed by atoms with Gasteiger partial charge in [0, 0.05) is 27.1 Å². The summed E-state index contributed by atoms with van der Waals surface area (Å²) in [7, 11) is 3.57. The van der Waals surface area contributed by atoms with Crippen molar-refractivity contribution < 1.29 is 14.3 Å². The molecule has 0 saturated carbocycles. The molecule has 0 saturated heterocycles. The second-order valence-corrected chi connectivity index (χ2v) is 5.83. The van der Waals surface area contributed by atoms with Crippen LogP contribution in [-0.4, -0.2) is 44.4 Å². The number of imidazole rings is 1. The Hall–Kier alpha value is -3.16. The Balaban J connectivity index is 1.68. The smallest absolute Gasteiger partial charge is 0.342 e. The number of ether oxygens (including phenoxy) is 1. The molecule has 1 amide bonds. The maximum Gasteiger partial charge on any atom is 0.342 e. The number of fused-ring (bicyclic) bond motifs is 1. The summed E-state index contributed by atoms with van der Waals surface area (Å²) in [5.41, 5.74) is 2.32. The van der Waals surface area contributed by atoms with Gasteiger partial charge in [0.05, 0.1) is 23.8 Å². The van der Waals surface area contributed by atoms with Gasteiger partial charge in [0.15, 0.2) is 0 Å². The first-order chi connectivity index (χ1) is 12.5. The molecule has 136 valence electrons. The molecule has 0 unspecified atom stereocenters. The molecule has 3 rings (SSSR count). The second-order valence-electron chi connectivity index (χ2n) is 5.83. The van der Waals surface area contributed by atoms with Crippen molar-refractivity contribution in [3.63, 3.8) is 0 Å². The molecule has 2 heterocycles. The van der Waals surface area contributed by atoms with E-state index in [1.807, 2.05) is 35.9 Å². The minimum atomic E-state index is -0.555. The summed E-state index contributed by atoms with van der Waals surface area (Å²) in [5, 5.41) is 6.81. The van der Waals surface area contributed by atoms with Gasteiger partial charge in [0.25, 0.3) is 5.91 Å². The van der Waals surface area contributed by atoms with Crippen LogP contribution in [0, 0.1) is 0 Å². The zero-order chi connectivity index (χ0) is 18.7. The van der Waals surface area contributed by atoms with Crippen LogP contribution in [-0.2, 0) is 25.3 Å². The first kappa shape index (κ1) is 17.7. The molecule has 0 aliphatic carbocycles. The topological polar surface area (TPSA) is 91.0 Å². The van der Waals surface area contributed by atoms with E-state index in [0.717, 1.165) is 16.9 Å². The van der Waals surface area contributed by atoms with E-state index in [0.29, 0.717) is 13.0 Å². The number of hydrogen-bond acceptors (Lipinski definition) is 5. The summed E-state index contributed by atoms with van der Waals surface area (Å²) in [4.78, 5) is 29.0. The van der Waals surface area contributed by atoms with Crippen molar-refractivity contribution in [2.45, 2.75) is 13.3 Å². The Kier molecular flexibility index (Phi) is 5.01. The molecule has 0 fully saturated rings. The Morgan fingerprint density at radius 1 is 1.23 bits per heavy atom. The highest BCUT2D eigenvalue weighted by molar-refractivity contribution is 6.04. The number of benzene rings is 1.